The largest absolute Gasteiger partial charge is 0.480 e. The Morgan fingerprint density at radius 1 is 1.63 bits per heavy atom. The molecule has 1 aliphatic heterocycles. The van der Waals surface area contributed by atoms with Gasteiger partial charge in [-0.2, -0.15) is 0 Å². The number of nitrogens with zero attached hydrogens (tertiary/aromatic N) is 4. The molecule has 0 radical (unpaired) electrons. The van der Waals surface area contributed by atoms with E-state index in [-0.39, 0.29) is 11.8 Å². The van der Waals surface area contributed by atoms with Crippen molar-refractivity contribution in [2.24, 2.45) is 16.8 Å². The van der Waals surface area contributed by atoms with E-state index >= 15 is 0 Å². The second-order valence-electron chi connectivity index (χ2n) is 4.76. The molecule has 1 heterocycles. The van der Waals surface area contributed by atoms with Crippen molar-refractivity contribution in [3.63, 3.8) is 0 Å². The van der Waals surface area contributed by atoms with Gasteiger partial charge in [-0.25, -0.2) is 0 Å². The molecular weight excluding hydrogens is 250 g/mol. The zero-order valence-electron chi connectivity index (χ0n) is 10.7. The van der Waals surface area contributed by atoms with Crippen LogP contribution < -0.4 is 5.73 Å². The van der Waals surface area contributed by atoms with Gasteiger partial charge in [0.2, 0.25) is 5.91 Å². The van der Waals surface area contributed by atoms with Crippen molar-refractivity contribution in [2.75, 3.05) is 19.6 Å². The number of rotatable bonds is 8. The summed E-state index contributed by atoms with van der Waals surface area (Å²) in [6.45, 7) is 1.57. The van der Waals surface area contributed by atoms with E-state index in [1.807, 2.05) is 0 Å². The third-order valence-corrected chi connectivity index (χ3v) is 3.21. The maximum atomic E-state index is 11.7. The minimum Gasteiger partial charge on any atom is -0.480 e. The third-order valence-electron chi connectivity index (χ3n) is 3.21. The Labute approximate surface area is 111 Å². The van der Waals surface area contributed by atoms with E-state index in [1.165, 1.54) is 0 Å². The van der Waals surface area contributed by atoms with Crippen LogP contribution in [0.25, 0.3) is 10.4 Å². The Morgan fingerprint density at radius 2 is 2.37 bits per heavy atom. The van der Waals surface area contributed by atoms with Crippen LogP contribution >= 0.6 is 0 Å². The summed E-state index contributed by atoms with van der Waals surface area (Å²) in [7, 11) is 0. The highest BCUT2D eigenvalue weighted by molar-refractivity contribution is 5.78. The lowest BCUT2D eigenvalue weighted by Crippen LogP contribution is -2.30. The van der Waals surface area contributed by atoms with E-state index in [4.69, 9.17) is 16.4 Å². The van der Waals surface area contributed by atoms with Crippen LogP contribution in [0.3, 0.4) is 0 Å². The van der Waals surface area contributed by atoms with Crippen LogP contribution in [-0.2, 0) is 9.59 Å². The second kappa shape index (κ2) is 7.60. The topological polar surface area (TPSA) is 132 Å². The number of carbonyl (C=O) groups excluding carboxylic acids is 1. The zero-order chi connectivity index (χ0) is 14.3. The van der Waals surface area contributed by atoms with E-state index in [0.717, 1.165) is 6.42 Å². The molecule has 106 valence electrons. The van der Waals surface area contributed by atoms with E-state index in [2.05, 4.69) is 10.0 Å². The summed E-state index contributed by atoms with van der Waals surface area (Å²) in [5, 5.41) is 12.1. The van der Waals surface area contributed by atoms with Crippen LogP contribution in [0.15, 0.2) is 5.11 Å². The highest BCUT2D eigenvalue weighted by Crippen LogP contribution is 2.18. The molecule has 1 saturated heterocycles. The fourth-order valence-electron chi connectivity index (χ4n) is 2.13. The van der Waals surface area contributed by atoms with Crippen molar-refractivity contribution in [2.45, 2.75) is 31.7 Å². The molecule has 1 aliphatic rings. The number of azide groups is 1. The highest BCUT2D eigenvalue weighted by Gasteiger charge is 2.28. The van der Waals surface area contributed by atoms with Gasteiger partial charge in [0, 0.05) is 31.0 Å². The molecule has 0 aliphatic carbocycles. The molecule has 1 amide bonds. The Hall–Kier alpha value is -1.79. The highest BCUT2D eigenvalue weighted by atomic mass is 16.4. The van der Waals surface area contributed by atoms with Gasteiger partial charge >= 0.3 is 5.97 Å². The number of hydrogen-bond acceptors (Lipinski definition) is 4. The first kappa shape index (κ1) is 15.3. The number of carboxylic acids is 1. The average molecular weight is 269 g/mol. The number of unbranched alkanes of at least 4 members (excludes halogenated alkanes) is 1. The van der Waals surface area contributed by atoms with Crippen molar-refractivity contribution in [3.05, 3.63) is 10.4 Å². The smallest absolute Gasteiger partial charge is 0.320 e. The van der Waals surface area contributed by atoms with Crippen LogP contribution in [0.4, 0.5) is 0 Å². The Balaban J connectivity index is 2.21. The normalized spacial score (nSPS) is 20.2. The molecule has 0 saturated carbocycles. The Kier molecular flexibility index (Phi) is 6.11. The molecule has 0 aromatic rings. The van der Waals surface area contributed by atoms with Gasteiger partial charge in [0.05, 0.1) is 0 Å². The number of carbonyl (C=O) groups is 2. The summed E-state index contributed by atoms with van der Waals surface area (Å²) < 4.78 is 0. The molecule has 0 aromatic heterocycles. The second-order valence-corrected chi connectivity index (χ2v) is 4.76. The van der Waals surface area contributed by atoms with Crippen molar-refractivity contribution in [1.29, 1.82) is 0 Å². The molecule has 0 spiro atoms. The monoisotopic (exact) mass is 269 g/mol. The predicted octanol–water partition coefficient (Wildman–Crippen LogP) is 0.727. The van der Waals surface area contributed by atoms with Crippen molar-refractivity contribution < 1.29 is 14.7 Å². The van der Waals surface area contributed by atoms with Gasteiger partial charge in [0.15, 0.2) is 0 Å². The number of carboxylic acid groups (broad SMARTS) is 1. The van der Waals surface area contributed by atoms with E-state index in [0.29, 0.717) is 38.9 Å². The zero-order valence-corrected chi connectivity index (χ0v) is 10.7. The fraction of sp³-hybridized carbons (Fsp3) is 0.818. The van der Waals surface area contributed by atoms with Gasteiger partial charge in [-0.1, -0.05) is 5.11 Å². The average Bonchev–Trinajstić information content (AvgIpc) is 2.72. The molecule has 3 N–H and O–H groups in total. The van der Waals surface area contributed by atoms with Crippen molar-refractivity contribution in [1.82, 2.24) is 4.90 Å². The lowest BCUT2D eigenvalue weighted by atomic mass is 10.1. The minimum absolute atomic E-state index is 0.0701. The van der Waals surface area contributed by atoms with Gasteiger partial charge in [-0.3, -0.25) is 9.59 Å². The quantitative estimate of drug-likeness (QED) is 0.291. The summed E-state index contributed by atoms with van der Waals surface area (Å²) in [5.41, 5.74) is 13.6. The summed E-state index contributed by atoms with van der Waals surface area (Å²) in [4.78, 5) is 26.6. The molecule has 2 unspecified atom stereocenters. The first-order valence-corrected chi connectivity index (χ1v) is 6.31. The van der Waals surface area contributed by atoms with Crippen LogP contribution in [0.1, 0.15) is 25.7 Å². The summed E-state index contributed by atoms with van der Waals surface area (Å²) in [6.07, 6.45) is 2.26. The SMILES string of the molecule is [N-]=[N+]=NCC1CC(=O)N(CCCCC(N)C(=O)O)C1. The van der Waals surface area contributed by atoms with Crippen molar-refractivity contribution >= 4 is 11.9 Å². The molecule has 1 rings (SSSR count). The van der Waals surface area contributed by atoms with E-state index < -0.39 is 12.0 Å². The van der Waals surface area contributed by atoms with E-state index in [9.17, 15) is 9.59 Å². The van der Waals surface area contributed by atoms with Gasteiger partial charge in [0.25, 0.3) is 0 Å². The molecule has 8 heteroatoms. The minimum atomic E-state index is -0.994. The first-order chi connectivity index (χ1) is 9.04. The molecule has 2 atom stereocenters. The van der Waals surface area contributed by atoms with Gasteiger partial charge in [-0.15, -0.1) is 0 Å². The molecule has 1 fully saturated rings. The Morgan fingerprint density at radius 3 is 3.00 bits per heavy atom. The Bertz CT molecular complexity index is 381. The molecule has 19 heavy (non-hydrogen) atoms. The van der Waals surface area contributed by atoms with Crippen LogP contribution in [-0.4, -0.2) is 47.6 Å². The van der Waals surface area contributed by atoms with Crippen LogP contribution in [0.5, 0.6) is 0 Å². The number of nitrogens with two attached hydrogens (primary N) is 1. The number of hydrogen-bond donors (Lipinski definition) is 2. The van der Waals surface area contributed by atoms with Crippen LogP contribution in [0.2, 0.25) is 0 Å². The maximum absolute atomic E-state index is 11.7. The summed E-state index contributed by atoms with van der Waals surface area (Å²) in [6, 6.07) is -0.827. The number of likely N-dealkylation sites (tertiary alicyclic amines) is 1. The fourth-order valence-corrected chi connectivity index (χ4v) is 2.13. The van der Waals surface area contributed by atoms with Crippen LogP contribution in [0, 0.1) is 5.92 Å². The number of aliphatic carboxylic acids is 1. The predicted molar refractivity (Wildman–Crippen MR) is 68.2 cm³/mol. The van der Waals surface area contributed by atoms with E-state index in [1.54, 1.807) is 4.90 Å². The molecular formula is C11H19N5O3. The third kappa shape index (κ3) is 5.15. The molecule has 0 bridgehead atoms. The summed E-state index contributed by atoms with van der Waals surface area (Å²) >= 11 is 0. The van der Waals surface area contributed by atoms with Crippen molar-refractivity contribution in [3.8, 4) is 0 Å². The lowest BCUT2D eigenvalue weighted by Gasteiger charge is -2.16. The standard InChI is InChI=1S/C11H19N5O3/c12-9(11(18)19)3-1-2-4-16-7-8(5-10(16)17)6-14-15-13/h8-9H,1-7,12H2,(H,18,19). The van der Waals surface area contributed by atoms with Gasteiger partial charge in [0.1, 0.15) is 6.04 Å². The summed E-state index contributed by atoms with van der Waals surface area (Å²) in [5.74, 6) is -0.822. The molecule has 0 aromatic carbocycles. The maximum Gasteiger partial charge on any atom is 0.320 e. The molecule has 8 nitrogen and oxygen atoms in total. The lowest BCUT2D eigenvalue weighted by molar-refractivity contribution is -0.138. The van der Waals surface area contributed by atoms with Gasteiger partial charge < -0.3 is 15.7 Å². The first-order valence-electron chi connectivity index (χ1n) is 6.31. The number of amides is 1. The van der Waals surface area contributed by atoms with Gasteiger partial charge in [-0.05, 0) is 30.7 Å².